The highest BCUT2D eigenvalue weighted by Gasteiger charge is 2.13. The lowest BCUT2D eigenvalue weighted by molar-refractivity contribution is 0.0792. The Labute approximate surface area is 128 Å². The van der Waals surface area contributed by atoms with E-state index in [1.165, 1.54) is 38.5 Å². The van der Waals surface area contributed by atoms with Crippen molar-refractivity contribution in [1.29, 1.82) is 0 Å². The maximum Gasteiger partial charge on any atom is 0.253 e. The van der Waals surface area contributed by atoms with Gasteiger partial charge in [-0.2, -0.15) is 0 Å². The van der Waals surface area contributed by atoms with Crippen molar-refractivity contribution in [2.45, 2.75) is 44.9 Å². The summed E-state index contributed by atoms with van der Waals surface area (Å²) in [6, 6.07) is 3.73. The number of nitrogens with zero attached hydrogens (tertiary/aromatic N) is 3. The molecule has 0 radical (unpaired) electrons. The number of anilines is 1. The number of rotatable bonds is 0. The Morgan fingerprint density at radius 1 is 0.905 bits per heavy atom. The minimum Gasteiger partial charge on any atom is -0.360 e. The predicted octanol–water partition coefficient (Wildman–Crippen LogP) is 3.33. The van der Waals surface area contributed by atoms with Crippen molar-refractivity contribution in [3.05, 3.63) is 23.9 Å². The second kappa shape index (κ2) is 8.01. The van der Waals surface area contributed by atoms with Crippen LogP contribution in [0.1, 0.15) is 55.3 Å². The summed E-state index contributed by atoms with van der Waals surface area (Å²) in [4.78, 5) is 20.8. The van der Waals surface area contributed by atoms with Crippen molar-refractivity contribution in [1.82, 2.24) is 9.88 Å². The Morgan fingerprint density at radius 2 is 1.48 bits per heavy atom. The van der Waals surface area contributed by atoms with Gasteiger partial charge < -0.3 is 9.80 Å². The van der Waals surface area contributed by atoms with Gasteiger partial charge in [-0.1, -0.05) is 32.1 Å². The SMILES string of the molecule is CN1CCCCCCCCCN(C)c2cc(ccn2)C1=O. The maximum absolute atomic E-state index is 12.4. The summed E-state index contributed by atoms with van der Waals surface area (Å²) < 4.78 is 0. The molecule has 116 valence electrons. The zero-order valence-electron chi connectivity index (χ0n) is 13.3. The smallest absolute Gasteiger partial charge is 0.253 e. The van der Waals surface area contributed by atoms with E-state index in [2.05, 4.69) is 16.9 Å². The molecular weight excluding hydrogens is 262 g/mol. The molecule has 0 aromatic carbocycles. The molecule has 21 heavy (non-hydrogen) atoms. The van der Waals surface area contributed by atoms with Gasteiger partial charge in [-0.15, -0.1) is 0 Å². The van der Waals surface area contributed by atoms with Gasteiger partial charge >= 0.3 is 0 Å². The number of amides is 1. The number of hydrogen-bond donors (Lipinski definition) is 0. The number of fused-ring (bicyclic) bond motifs is 2. The summed E-state index contributed by atoms with van der Waals surface area (Å²) in [6.45, 7) is 1.84. The molecule has 0 unspecified atom stereocenters. The standard InChI is InChI=1S/C17H27N3O/c1-19-12-8-6-4-3-5-7-9-13-20(2)17(21)15-10-11-18-16(19)14-15/h10-11,14H,3-9,12-13H2,1-2H3. The summed E-state index contributed by atoms with van der Waals surface area (Å²) in [6.07, 6.45) is 10.4. The van der Waals surface area contributed by atoms with Gasteiger partial charge in [-0.25, -0.2) is 4.98 Å². The highest BCUT2D eigenvalue weighted by molar-refractivity contribution is 5.94. The van der Waals surface area contributed by atoms with Crippen LogP contribution in [0, 0.1) is 0 Å². The molecule has 0 atom stereocenters. The highest BCUT2D eigenvalue weighted by atomic mass is 16.2. The van der Waals surface area contributed by atoms with E-state index in [4.69, 9.17) is 0 Å². The van der Waals surface area contributed by atoms with Crippen LogP contribution in [0.4, 0.5) is 5.82 Å². The van der Waals surface area contributed by atoms with Crippen molar-refractivity contribution in [2.75, 3.05) is 32.1 Å². The largest absolute Gasteiger partial charge is 0.360 e. The monoisotopic (exact) mass is 289 g/mol. The van der Waals surface area contributed by atoms with E-state index in [9.17, 15) is 4.79 Å². The molecule has 2 rings (SSSR count). The second-order valence-corrected chi connectivity index (χ2v) is 6.03. The first-order chi connectivity index (χ1) is 10.2. The maximum atomic E-state index is 12.4. The quantitative estimate of drug-likeness (QED) is 0.735. The first-order valence-corrected chi connectivity index (χ1v) is 8.11. The molecule has 4 nitrogen and oxygen atoms in total. The zero-order chi connectivity index (χ0) is 15.1. The molecule has 0 fully saturated rings. The Kier molecular flexibility index (Phi) is 6.03. The lowest BCUT2D eigenvalue weighted by Crippen LogP contribution is -2.28. The molecular formula is C17H27N3O. The number of pyridine rings is 1. The summed E-state index contributed by atoms with van der Waals surface area (Å²) in [5, 5.41) is 0. The van der Waals surface area contributed by atoms with Crippen LogP contribution in [-0.4, -0.2) is 43.0 Å². The molecule has 1 aromatic heterocycles. The fourth-order valence-corrected chi connectivity index (χ4v) is 2.78. The van der Waals surface area contributed by atoms with Crippen LogP contribution in [0.25, 0.3) is 0 Å². The van der Waals surface area contributed by atoms with Gasteiger partial charge in [-0.3, -0.25) is 4.79 Å². The Balaban J connectivity index is 2.12. The normalized spacial score (nSPS) is 19.0. The van der Waals surface area contributed by atoms with Crippen LogP contribution < -0.4 is 4.90 Å². The number of carbonyl (C=O) groups excluding carboxylic acids is 1. The molecule has 1 aliphatic heterocycles. The van der Waals surface area contributed by atoms with Crippen LogP contribution in [0.15, 0.2) is 18.3 Å². The average Bonchev–Trinajstić information content (AvgIpc) is 2.51. The topological polar surface area (TPSA) is 36.4 Å². The Bertz CT molecular complexity index is 461. The summed E-state index contributed by atoms with van der Waals surface area (Å²) in [5.41, 5.74) is 0.740. The van der Waals surface area contributed by atoms with Gasteiger partial charge in [0.2, 0.25) is 0 Å². The summed E-state index contributed by atoms with van der Waals surface area (Å²) in [5.74, 6) is 0.992. The Hall–Kier alpha value is -1.58. The highest BCUT2D eigenvalue weighted by Crippen LogP contribution is 2.15. The van der Waals surface area contributed by atoms with Crippen LogP contribution in [0.2, 0.25) is 0 Å². The minimum absolute atomic E-state index is 0.0990. The molecule has 0 saturated carbocycles. The van der Waals surface area contributed by atoms with Crippen molar-refractivity contribution in [3.63, 3.8) is 0 Å². The third kappa shape index (κ3) is 4.73. The second-order valence-electron chi connectivity index (χ2n) is 6.03. The van der Waals surface area contributed by atoms with E-state index in [0.717, 1.165) is 30.9 Å². The molecule has 1 aliphatic rings. The molecule has 0 N–H and O–H groups in total. The lowest BCUT2D eigenvalue weighted by Gasteiger charge is -2.20. The Morgan fingerprint density at radius 3 is 2.14 bits per heavy atom. The first kappa shape index (κ1) is 15.8. The van der Waals surface area contributed by atoms with Crippen molar-refractivity contribution in [3.8, 4) is 0 Å². The molecule has 0 aliphatic carbocycles. The van der Waals surface area contributed by atoms with Gasteiger partial charge in [0.25, 0.3) is 5.91 Å². The molecule has 4 heteroatoms. The zero-order valence-corrected chi connectivity index (χ0v) is 13.3. The first-order valence-electron chi connectivity index (χ1n) is 8.11. The summed E-state index contributed by atoms with van der Waals surface area (Å²) in [7, 11) is 3.95. The van der Waals surface area contributed by atoms with Gasteiger partial charge in [0.15, 0.2) is 0 Å². The van der Waals surface area contributed by atoms with Crippen molar-refractivity contribution in [2.24, 2.45) is 0 Å². The van der Waals surface area contributed by atoms with Gasteiger partial charge in [0.1, 0.15) is 5.82 Å². The number of aromatic nitrogens is 1. The average molecular weight is 289 g/mol. The summed E-state index contributed by atoms with van der Waals surface area (Å²) >= 11 is 0. The molecule has 0 spiro atoms. The molecule has 0 saturated heterocycles. The van der Waals surface area contributed by atoms with E-state index in [-0.39, 0.29) is 5.91 Å². The van der Waals surface area contributed by atoms with Crippen molar-refractivity contribution >= 4 is 11.7 Å². The van der Waals surface area contributed by atoms with Crippen LogP contribution >= 0.6 is 0 Å². The molecule has 2 heterocycles. The van der Waals surface area contributed by atoms with E-state index in [1.54, 1.807) is 6.20 Å². The van der Waals surface area contributed by atoms with Crippen LogP contribution in [0.5, 0.6) is 0 Å². The van der Waals surface area contributed by atoms with E-state index in [0.29, 0.717) is 0 Å². The molecule has 2 bridgehead atoms. The minimum atomic E-state index is 0.0990. The van der Waals surface area contributed by atoms with E-state index >= 15 is 0 Å². The third-order valence-corrected chi connectivity index (χ3v) is 4.22. The fourth-order valence-electron chi connectivity index (χ4n) is 2.78. The lowest BCUT2D eigenvalue weighted by atomic mass is 10.1. The molecule has 1 amide bonds. The van der Waals surface area contributed by atoms with Crippen LogP contribution in [0.3, 0.4) is 0 Å². The van der Waals surface area contributed by atoms with Crippen LogP contribution in [-0.2, 0) is 0 Å². The van der Waals surface area contributed by atoms with Gasteiger partial charge in [-0.05, 0) is 25.0 Å². The molecule has 1 aromatic rings. The fraction of sp³-hybridized carbons (Fsp3) is 0.647. The number of carbonyl (C=O) groups is 1. The van der Waals surface area contributed by atoms with Gasteiger partial charge in [0.05, 0.1) is 0 Å². The van der Waals surface area contributed by atoms with E-state index in [1.807, 2.05) is 24.1 Å². The predicted molar refractivity (Wildman–Crippen MR) is 86.8 cm³/mol. The van der Waals surface area contributed by atoms with E-state index < -0.39 is 0 Å². The van der Waals surface area contributed by atoms with Crippen molar-refractivity contribution < 1.29 is 4.79 Å². The third-order valence-electron chi connectivity index (χ3n) is 4.22. The number of hydrogen-bond acceptors (Lipinski definition) is 3. The van der Waals surface area contributed by atoms with Gasteiger partial charge in [0, 0.05) is 38.9 Å².